The summed E-state index contributed by atoms with van der Waals surface area (Å²) in [6, 6.07) is 0. The lowest BCUT2D eigenvalue weighted by Gasteiger charge is -2.41. The summed E-state index contributed by atoms with van der Waals surface area (Å²) in [6.45, 7) is 13.3. The van der Waals surface area contributed by atoms with Gasteiger partial charge in [-0.3, -0.25) is 14.7 Å². The van der Waals surface area contributed by atoms with Gasteiger partial charge in [0.15, 0.2) is 5.69 Å². The molecule has 0 saturated carbocycles. The number of likely N-dealkylation sites (tertiary alicyclic amines) is 2. The molecular formula is C20H32N4O2. The highest BCUT2D eigenvalue weighted by Gasteiger charge is 2.50. The molecule has 144 valence electrons. The maximum Gasteiger partial charge on any atom is 0.274 e. The minimum absolute atomic E-state index is 0.0453. The quantitative estimate of drug-likeness (QED) is 0.901. The van der Waals surface area contributed by atoms with Crippen LogP contribution in [0.5, 0.6) is 0 Å². The van der Waals surface area contributed by atoms with E-state index in [0.29, 0.717) is 18.8 Å². The Morgan fingerprint density at radius 1 is 1.27 bits per heavy atom. The molecule has 0 aliphatic carbocycles. The Kier molecular flexibility index (Phi) is 4.88. The number of H-pyrrole nitrogens is 1. The van der Waals surface area contributed by atoms with Crippen LogP contribution in [0.2, 0.25) is 0 Å². The maximum atomic E-state index is 13.2. The average Bonchev–Trinajstić information content (AvgIpc) is 3.15. The highest BCUT2D eigenvalue weighted by molar-refractivity contribution is 5.95. The number of hydrogen-bond donors (Lipinski definition) is 1. The molecule has 1 atom stereocenters. The van der Waals surface area contributed by atoms with Crippen molar-refractivity contribution in [2.75, 3.05) is 26.2 Å². The fraction of sp³-hybridized carbons (Fsp3) is 0.750. The Morgan fingerprint density at radius 2 is 2.00 bits per heavy atom. The molecule has 2 aliphatic rings. The number of carbonyl (C=O) groups is 2. The number of aromatic amines is 1. The fourth-order valence-electron chi connectivity index (χ4n) is 4.44. The highest BCUT2D eigenvalue weighted by atomic mass is 16.2. The fourth-order valence-corrected chi connectivity index (χ4v) is 4.44. The van der Waals surface area contributed by atoms with Crippen molar-refractivity contribution >= 4 is 11.8 Å². The second-order valence-electron chi connectivity index (χ2n) is 9.18. The summed E-state index contributed by atoms with van der Waals surface area (Å²) >= 11 is 0. The Labute approximate surface area is 156 Å². The first-order chi connectivity index (χ1) is 12.2. The molecule has 6 heteroatoms. The van der Waals surface area contributed by atoms with Crippen LogP contribution in [-0.2, 0) is 11.2 Å². The first-order valence-electron chi connectivity index (χ1n) is 9.79. The second kappa shape index (κ2) is 6.71. The average molecular weight is 361 g/mol. The lowest BCUT2D eigenvalue weighted by Crippen LogP contribution is -2.52. The van der Waals surface area contributed by atoms with Gasteiger partial charge in [0.05, 0.1) is 5.41 Å². The number of rotatable bonds is 3. The Balaban J connectivity index is 1.75. The van der Waals surface area contributed by atoms with Gasteiger partial charge >= 0.3 is 0 Å². The number of nitrogens with one attached hydrogen (secondary N) is 1. The number of hydrogen-bond acceptors (Lipinski definition) is 3. The van der Waals surface area contributed by atoms with E-state index >= 15 is 0 Å². The van der Waals surface area contributed by atoms with Crippen LogP contribution >= 0.6 is 0 Å². The molecule has 2 aliphatic heterocycles. The molecule has 3 rings (SSSR count). The lowest BCUT2D eigenvalue weighted by atomic mass is 9.77. The van der Waals surface area contributed by atoms with Crippen molar-refractivity contribution in [3.05, 3.63) is 17.0 Å². The van der Waals surface area contributed by atoms with Gasteiger partial charge in [-0.25, -0.2) is 0 Å². The summed E-state index contributed by atoms with van der Waals surface area (Å²) in [5.41, 5.74) is 2.14. The van der Waals surface area contributed by atoms with Crippen molar-refractivity contribution in [2.45, 2.75) is 60.3 Å². The van der Waals surface area contributed by atoms with Crippen molar-refractivity contribution in [3.63, 3.8) is 0 Å². The number of carbonyl (C=O) groups excluding carboxylic acids is 2. The summed E-state index contributed by atoms with van der Waals surface area (Å²) in [5, 5.41) is 7.20. The van der Waals surface area contributed by atoms with E-state index in [1.54, 1.807) is 0 Å². The minimum Gasteiger partial charge on any atom is -0.342 e. The molecule has 1 aromatic rings. The van der Waals surface area contributed by atoms with Crippen molar-refractivity contribution in [2.24, 2.45) is 10.8 Å². The van der Waals surface area contributed by atoms with Crippen LogP contribution < -0.4 is 0 Å². The minimum atomic E-state index is -0.392. The summed E-state index contributed by atoms with van der Waals surface area (Å²) < 4.78 is 0. The first-order valence-corrected chi connectivity index (χ1v) is 9.79. The van der Waals surface area contributed by atoms with Crippen LogP contribution in [-0.4, -0.2) is 58.0 Å². The normalized spacial score (nSPS) is 24.0. The van der Waals surface area contributed by atoms with Crippen LogP contribution in [0, 0.1) is 17.8 Å². The number of amides is 2. The predicted octanol–water partition coefficient (Wildman–Crippen LogP) is 2.78. The number of piperidine rings is 1. The van der Waals surface area contributed by atoms with Crippen LogP contribution in [0.3, 0.4) is 0 Å². The molecule has 2 saturated heterocycles. The molecule has 1 N–H and O–H groups in total. The van der Waals surface area contributed by atoms with Crippen LogP contribution in [0.25, 0.3) is 0 Å². The molecule has 0 radical (unpaired) electrons. The molecule has 2 fully saturated rings. The lowest BCUT2D eigenvalue weighted by molar-refractivity contribution is -0.146. The Morgan fingerprint density at radius 3 is 2.62 bits per heavy atom. The molecule has 0 bridgehead atoms. The van der Waals surface area contributed by atoms with Gasteiger partial charge in [-0.1, -0.05) is 27.7 Å². The number of nitrogens with zero attached hydrogens (tertiary/aromatic N) is 3. The summed E-state index contributed by atoms with van der Waals surface area (Å²) in [4.78, 5) is 30.0. The van der Waals surface area contributed by atoms with Gasteiger partial charge in [0, 0.05) is 37.4 Å². The molecule has 1 spiro atoms. The molecular weight excluding hydrogens is 328 g/mol. The van der Waals surface area contributed by atoms with Crippen LogP contribution in [0.4, 0.5) is 0 Å². The third-order valence-electron chi connectivity index (χ3n) is 5.80. The number of aromatic nitrogens is 2. The highest BCUT2D eigenvalue weighted by Crippen LogP contribution is 2.41. The smallest absolute Gasteiger partial charge is 0.274 e. The zero-order valence-electron chi connectivity index (χ0n) is 16.8. The van der Waals surface area contributed by atoms with Crippen molar-refractivity contribution in [1.29, 1.82) is 0 Å². The van der Waals surface area contributed by atoms with Crippen molar-refractivity contribution in [3.8, 4) is 0 Å². The first kappa shape index (κ1) is 18.9. The van der Waals surface area contributed by atoms with Gasteiger partial charge in [0.1, 0.15) is 0 Å². The van der Waals surface area contributed by atoms with Crippen molar-refractivity contribution in [1.82, 2.24) is 20.0 Å². The van der Waals surface area contributed by atoms with Gasteiger partial charge in [0.2, 0.25) is 5.91 Å². The molecule has 1 aromatic heterocycles. The van der Waals surface area contributed by atoms with E-state index < -0.39 is 5.41 Å². The predicted molar refractivity (Wildman–Crippen MR) is 101 cm³/mol. The van der Waals surface area contributed by atoms with Gasteiger partial charge < -0.3 is 9.80 Å². The maximum absolute atomic E-state index is 13.2. The molecule has 1 unspecified atom stereocenters. The van der Waals surface area contributed by atoms with E-state index in [-0.39, 0.29) is 17.2 Å². The van der Waals surface area contributed by atoms with E-state index in [1.807, 2.05) is 23.6 Å². The van der Waals surface area contributed by atoms with Gasteiger partial charge in [-0.15, -0.1) is 0 Å². The summed E-state index contributed by atoms with van der Waals surface area (Å²) in [6.07, 6.45) is 3.50. The summed E-state index contributed by atoms with van der Waals surface area (Å²) in [5.74, 6) is 0.193. The zero-order chi connectivity index (χ0) is 19.1. The van der Waals surface area contributed by atoms with Crippen molar-refractivity contribution < 1.29 is 9.59 Å². The molecule has 2 amide bonds. The third-order valence-corrected chi connectivity index (χ3v) is 5.80. The monoisotopic (exact) mass is 360 g/mol. The van der Waals surface area contributed by atoms with E-state index in [4.69, 9.17) is 0 Å². The zero-order valence-corrected chi connectivity index (χ0v) is 16.8. The SMILES string of the molecule is CCc1[nH]nc(C(=O)N2CCC3(CCCN(CC(C)(C)C)C3=O)C2)c1C. The second-order valence-corrected chi connectivity index (χ2v) is 9.18. The standard InChI is InChI=1S/C20H32N4O2/c1-6-15-14(2)16(22-21-15)17(25)23-11-9-20(13-23)8-7-10-24(18(20)26)12-19(3,4)5/h6-13H2,1-5H3,(H,21,22). The third kappa shape index (κ3) is 3.38. The topological polar surface area (TPSA) is 69.3 Å². The molecule has 0 aromatic carbocycles. The van der Waals surface area contributed by atoms with Gasteiger partial charge in [-0.2, -0.15) is 5.10 Å². The Bertz CT molecular complexity index is 703. The van der Waals surface area contributed by atoms with Crippen LogP contribution in [0.1, 0.15) is 68.7 Å². The van der Waals surface area contributed by atoms with E-state index in [2.05, 4.69) is 31.0 Å². The van der Waals surface area contributed by atoms with Crippen LogP contribution in [0.15, 0.2) is 0 Å². The van der Waals surface area contributed by atoms with E-state index in [1.165, 1.54) is 0 Å². The largest absolute Gasteiger partial charge is 0.342 e. The number of aryl methyl sites for hydroxylation is 1. The molecule has 3 heterocycles. The summed E-state index contributed by atoms with van der Waals surface area (Å²) in [7, 11) is 0. The van der Waals surface area contributed by atoms with E-state index in [0.717, 1.165) is 50.0 Å². The van der Waals surface area contributed by atoms with E-state index in [9.17, 15) is 9.59 Å². The van der Waals surface area contributed by atoms with Gasteiger partial charge in [-0.05, 0) is 38.0 Å². The Hall–Kier alpha value is -1.85. The molecule has 6 nitrogen and oxygen atoms in total. The van der Waals surface area contributed by atoms with Gasteiger partial charge in [0.25, 0.3) is 5.91 Å². The molecule has 26 heavy (non-hydrogen) atoms.